The van der Waals surface area contributed by atoms with Crippen molar-refractivity contribution in [2.24, 2.45) is 0 Å². The Labute approximate surface area is 219 Å². The summed E-state index contributed by atoms with van der Waals surface area (Å²) in [6.07, 6.45) is 5.68. The molecule has 0 amide bonds. The molecule has 0 aliphatic heterocycles. The molecule has 0 aliphatic rings. The molecule has 0 aliphatic carbocycles. The number of aryl methyl sites for hydroxylation is 2. The fourth-order valence-corrected chi connectivity index (χ4v) is 4.35. The van der Waals surface area contributed by atoms with Crippen LogP contribution in [0, 0.1) is 13.8 Å². The molecule has 0 radical (unpaired) electrons. The van der Waals surface area contributed by atoms with Gasteiger partial charge in [0.25, 0.3) is 0 Å². The molecule has 8 nitrogen and oxygen atoms in total. The molecule has 0 spiro atoms. The summed E-state index contributed by atoms with van der Waals surface area (Å²) in [6, 6.07) is 12.9. The number of benzene rings is 2. The molecular weight excluding hydrogens is 488 g/mol. The van der Waals surface area contributed by atoms with E-state index in [2.05, 4.69) is 0 Å². The van der Waals surface area contributed by atoms with Crippen molar-refractivity contribution in [1.29, 1.82) is 0 Å². The zero-order valence-corrected chi connectivity index (χ0v) is 21.5. The lowest BCUT2D eigenvalue weighted by Gasteiger charge is -2.07. The molecule has 2 aromatic heterocycles. The summed E-state index contributed by atoms with van der Waals surface area (Å²) in [5, 5.41) is 1.60. The molecule has 0 saturated carbocycles. The number of hydrogen-bond donors (Lipinski definition) is 0. The maximum Gasteiger partial charge on any atom is 0.336 e. The Morgan fingerprint density at radius 1 is 0.605 bits per heavy atom. The van der Waals surface area contributed by atoms with Crippen LogP contribution in [-0.4, -0.2) is 11.9 Å². The van der Waals surface area contributed by atoms with Crippen LogP contribution in [0.2, 0.25) is 0 Å². The lowest BCUT2D eigenvalue weighted by Crippen LogP contribution is -2.08. The Hall–Kier alpha value is -4.20. The number of esters is 2. The molecule has 4 rings (SSSR count). The van der Waals surface area contributed by atoms with E-state index < -0.39 is 11.3 Å². The van der Waals surface area contributed by atoms with Crippen LogP contribution in [0.15, 0.2) is 67.0 Å². The second-order valence-electron chi connectivity index (χ2n) is 9.38. The second kappa shape index (κ2) is 12.4. The van der Waals surface area contributed by atoms with E-state index in [-0.39, 0.29) is 11.9 Å². The van der Waals surface area contributed by atoms with Crippen molar-refractivity contribution in [2.45, 2.75) is 65.2 Å². The van der Waals surface area contributed by atoms with Crippen LogP contribution < -0.4 is 20.7 Å². The SMILES string of the molecule is Cc1cc(=O)oc2cc(OC(=O)CCCCCCCCC(=O)Oc3ccc4c(C)cc(=O)oc4c3)ccc12. The summed E-state index contributed by atoms with van der Waals surface area (Å²) in [5.74, 6) is 0.0495. The highest BCUT2D eigenvalue weighted by atomic mass is 16.5. The van der Waals surface area contributed by atoms with Crippen molar-refractivity contribution in [3.8, 4) is 11.5 Å². The molecule has 0 N–H and O–H groups in total. The Kier molecular flexibility index (Phi) is 8.73. The van der Waals surface area contributed by atoms with Gasteiger partial charge in [0.1, 0.15) is 22.7 Å². The second-order valence-corrected chi connectivity index (χ2v) is 9.38. The van der Waals surface area contributed by atoms with Gasteiger partial charge >= 0.3 is 23.2 Å². The number of carbonyl (C=O) groups excluding carboxylic acids is 2. The zero-order valence-electron chi connectivity index (χ0n) is 21.5. The molecule has 0 fully saturated rings. The first kappa shape index (κ1) is 26.9. The summed E-state index contributed by atoms with van der Waals surface area (Å²) in [4.78, 5) is 47.4. The van der Waals surface area contributed by atoms with E-state index in [9.17, 15) is 19.2 Å². The monoisotopic (exact) mass is 518 g/mol. The van der Waals surface area contributed by atoms with Gasteiger partial charge in [-0.2, -0.15) is 0 Å². The zero-order chi connectivity index (χ0) is 27.1. The molecule has 2 heterocycles. The van der Waals surface area contributed by atoms with Crippen LogP contribution in [0.4, 0.5) is 0 Å². The Morgan fingerprint density at radius 3 is 1.42 bits per heavy atom. The van der Waals surface area contributed by atoms with Crippen molar-refractivity contribution >= 4 is 33.9 Å². The lowest BCUT2D eigenvalue weighted by atomic mass is 10.1. The number of rotatable bonds is 11. The number of ether oxygens (including phenoxy) is 2. The summed E-state index contributed by atoms with van der Waals surface area (Å²) >= 11 is 0. The molecular formula is C30H30O8. The fraction of sp³-hybridized carbons (Fsp3) is 0.333. The molecule has 0 saturated heterocycles. The number of unbranched alkanes of at least 4 members (excludes halogenated alkanes) is 5. The first-order valence-electron chi connectivity index (χ1n) is 12.8. The van der Waals surface area contributed by atoms with Gasteiger partial charge in [-0.05, 0) is 62.1 Å². The van der Waals surface area contributed by atoms with E-state index in [0.29, 0.717) is 48.3 Å². The fourth-order valence-electron chi connectivity index (χ4n) is 4.35. The van der Waals surface area contributed by atoms with Crippen molar-refractivity contribution in [3.63, 3.8) is 0 Å². The normalized spacial score (nSPS) is 11.1. The topological polar surface area (TPSA) is 113 Å². The maximum atomic E-state index is 12.2. The third-order valence-corrected chi connectivity index (χ3v) is 6.32. The van der Waals surface area contributed by atoms with Crippen LogP contribution in [0.5, 0.6) is 11.5 Å². The standard InChI is InChI=1S/C30H30O8/c1-19-15-29(33)37-25-17-21(11-13-23(19)25)35-27(31)9-7-5-3-4-6-8-10-28(32)36-22-12-14-24-20(2)16-30(34)38-26(24)18-22/h11-18H,3-10H2,1-2H3. The molecule has 4 aromatic rings. The van der Waals surface area contributed by atoms with E-state index in [4.69, 9.17) is 18.3 Å². The van der Waals surface area contributed by atoms with Gasteiger partial charge < -0.3 is 18.3 Å². The van der Waals surface area contributed by atoms with E-state index >= 15 is 0 Å². The lowest BCUT2D eigenvalue weighted by molar-refractivity contribution is -0.135. The highest BCUT2D eigenvalue weighted by Crippen LogP contribution is 2.24. The van der Waals surface area contributed by atoms with Gasteiger partial charge in [0.05, 0.1) is 0 Å². The van der Waals surface area contributed by atoms with Crippen molar-refractivity contribution in [3.05, 3.63) is 80.5 Å². The molecule has 0 bridgehead atoms. The molecule has 2 aromatic carbocycles. The maximum absolute atomic E-state index is 12.2. The third kappa shape index (κ3) is 7.18. The highest BCUT2D eigenvalue weighted by molar-refractivity contribution is 5.83. The van der Waals surface area contributed by atoms with Crippen LogP contribution >= 0.6 is 0 Å². The van der Waals surface area contributed by atoms with E-state index in [1.165, 1.54) is 12.1 Å². The molecule has 0 unspecified atom stereocenters. The van der Waals surface area contributed by atoms with Gasteiger partial charge in [0.2, 0.25) is 0 Å². The highest BCUT2D eigenvalue weighted by Gasteiger charge is 2.10. The molecule has 198 valence electrons. The van der Waals surface area contributed by atoms with Gasteiger partial charge in [0, 0.05) is 47.9 Å². The van der Waals surface area contributed by atoms with E-state index in [1.54, 1.807) is 36.4 Å². The van der Waals surface area contributed by atoms with Crippen LogP contribution in [0.1, 0.15) is 62.5 Å². The van der Waals surface area contributed by atoms with Crippen molar-refractivity contribution < 1.29 is 27.9 Å². The summed E-state index contributed by atoms with van der Waals surface area (Å²) in [6.45, 7) is 3.65. The van der Waals surface area contributed by atoms with Gasteiger partial charge in [-0.15, -0.1) is 0 Å². The minimum Gasteiger partial charge on any atom is -0.426 e. The third-order valence-electron chi connectivity index (χ3n) is 6.32. The van der Waals surface area contributed by atoms with Crippen molar-refractivity contribution in [2.75, 3.05) is 0 Å². The number of carbonyl (C=O) groups is 2. The van der Waals surface area contributed by atoms with Crippen LogP contribution in [0.25, 0.3) is 21.9 Å². The minimum atomic E-state index is -0.438. The predicted molar refractivity (Wildman–Crippen MR) is 143 cm³/mol. The average molecular weight is 519 g/mol. The molecule has 0 atom stereocenters. The first-order chi connectivity index (χ1) is 18.3. The Morgan fingerprint density at radius 2 is 1.00 bits per heavy atom. The summed E-state index contributed by atoms with van der Waals surface area (Å²) in [5.41, 5.74) is 1.53. The van der Waals surface area contributed by atoms with Gasteiger partial charge in [-0.1, -0.05) is 25.7 Å². The summed E-state index contributed by atoms with van der Waals surface area (Å²) < 4.78 is 21.1. The van der Waals surface area contributed by atoms with E-state index in [1.807, 2.05) is 13.8 Å². The predicted octanol–water partition coefficient (Wildman–Crippen LogP) is 6.15. The number of fused-ring (bicyclic) bond motifs is 2. The number of hydrogen-bond acceptors (Lipinski definition) is 8. The largest absolute Gasteiger partial charge is 0.426 e. The van der Waals surface area contributed by atoms with Gasteiger partial charge in [0.15, 0.2) is 0 Å². The van der Waals surface area contributed by atoms with Crippen molar-refractivity contribution in [1.82, 2.24) is 0 Å². The first-order valence-corrected chi connectivity index (χ1v) is 12.8. The quantitative estimate of drug-likeness (QED) is 0.101. The van der Waals surface area contributed by atoms with Crippen LogP contribution in [0.3, 0.4) is 0 Å². The minimum absolute atomic E-state index is 0.299. The van der Waals surface area contributed by atoms with Crippen LogP contribution in [-0.2, 0) is 9.59 Å². The van der Waals surface area contributed by atoms with E-state index in [0.717, 1.165) is 47.6 Å². The molecule has 8 heteroatoms. The van der Waals surface area contributed by atoms with Gasteiger partial charge in [-0.25, -0.2) is 9.59 Å². The smallest absolute Gasteiger partial charge is 0.336 e. The Balaban J connectivity index is 1.10. The average Bonchev–Trinajstić information content (AvgIpc) is 2.85. The summed E-state index contributed by atoms with van der Waals surface area (Å²) in [7, 11) is 0. The Bertz CT molecular complexity index is 1460. The molecule has 38 heavy (non-hydrogen) atoms. The van der Waals surface area contributed by atoms with Gasteiger partial charge in [-0.3, -0.25) is 9.59 Å².